The lowest BCUT2D eigenvalue weighted by atomic mass is 9.67. The van der Waals surface area contributed by atoms with Crippen molar-refractivity contribution in [3.05, 3.63) is 58.6 Å². The van der Waals surface area contributed by atoms with E-state index in [9.17, 15) is 9.90 Å². The van der Waals surface area contributed by atoms with Crippen LogP contribution in [-0.4, -0.2) is 39.4 Å². The summed E-state index contributed by atoms with van der Waals surface area (Å²) in [4.78, 5) is 14.5. The van der Waals surface area contributed by atoms with Gasteiger partial charge < -0.3 is 15.3 Å². The maximum atomic E-state index is 12.8. The van der Waals surface area contributed by atoms with Crippen molar-refractivity contribution in [3.63, 3.8) is 0 Å². The van der Waals surface area contributed by atoms with Gasteiger partial charge >= 0.3 is 0 Å². The van der Waals surface area contributed by atoms with Gasteiger partial charge in [-0.2, -0.15) is 0 Å². The predicted molar refractivity (Wildman–Crippen MR) is 99.8 cm³/mol. The molecule has 3 unspecified atom stereocenters. The molecular formula is C19H26N2O2Si. The summed E-state index contributed by atoms with van der Waals surface area (Å²) in [5.41, 5.74) is 2.84. The van der Waals surface area contributed by atoms with Gasteiger partial charge in [-0.1, -0.05) is 29.5 Å². The molecule has 3 atom stereocenters. The van der Waals surface area contributed by atoms with Gasteiger partial charge in [-0.05, 0) is 43.9 Å². The minimum Gasteiger partial charge on any atom is -0.374 e. The number of aliphatic hydroxyl groups excluding tert-OH is 1. The topological polar surface area (TPSA) is 52.6 Å². The van der Waals surface area contributed by atoms with Gasteiger partial charge in [0.25, 0.3) is 0 Å². The van der Waals surface area contributed by atoms with Crippen molar-refractivity contribution >= 4 is 16.1 Å². The molecule has 3 aliphatic rings. The van der Waals surface area contributed by atoms with Crippen molar-refractivity contribution in [1.82, 2.24) is 10.2 Å². The summed E-state index contributed by atoms with van der Waals surface area (Å²) >= 11 is 0. The minimum absolute atomic E-state index is 0.147. The highest BCUT2D eigenvalue weighted by molar-refractivity contribution is 6.21. The van der Waals surface area contributed by atoms with Crippen molar-refractivity contribution < 1.29 is 9.90 Å². The third kappa shape index (κ3) is 2.82. The van der Waals surface area contributed by atoms with Crippen molar-refractivity contribution in [2.45, 2.75) is 32.9 Å². The normalized spacial score (nSPS) is 30.9. The molecular weight excluding hydrogens is 316 g/mol. The van der Waals surface area contributed by atoms with Crippen molar-refractivity contribution in [3.8, 4) is 0 Å². The van der Waals surface area contributed by atoms with Gasteiger partial charge in [0.1, 0.15) is 6.23 Å². The highest BCUT2D eigenvalue weighted by Crippen LogP contribution is 2.47. The zero-order chi connectivity index (χ0) is 17.5. The maximum Gasteiger partial charge on any atom is 0.236 e. The van der Waals surface area contributed by atoms with Crippen LogP contribution < -0.4 is 5.32 Å². The number of carbonyl (C=O) groups excluding carboxylic acids is 1. The second kappa shape index (κ2) is 6.22. The summed E-state index contributed by atoms with van der Waals surface area (Å²) in [6, 6.07) is 0. The summed E-state index contributed by atoms with van der Waals surface area (Å²) in [5.74, 6) is 0.304. The van der Waals surface area contributed by atoms with Crippen LogP contribution in [0.25, 0.3) is 0 Å². The highest BCUT2D eigenvalue weighted by Gasteiger charge is 2.45. The van der Waals surface area contributed by atoms with E-state index in [0.717, 1.165) is 34.4 Å². The van der Waals surface area contributed by atoms with E-state index in [4.69, 9.17) is 0 Å². The molecule has 0 bridgehead atoms. The van der Waals surface area contributed by atoms with Gasteiger partial charge in [0.05, 0.1) is 5.41 Å². The van der Waals surface area contributed by atoms with Crippen LogP contribution in [0.5, 0.6) is 0 Å². The molecule has 0 saturated heterocycles. The number of nitrogens with zero attached hydrogens (tertiary/aromatic N) is 1. The first-order valence-corrected chi connectivity index (χ1v) is 9.51. The average molecular weight is 343 g/mol. The van der Waals surface area contributed by atoms with Crippen LogP contribution in [0.1, 0.15) is 26.7 Å². The van der Waals surface area contributed by atoms with E-state index in [1.165, 1.54) is 10.8 Å². The van der Waals surface area contributed by atoms with Crippen LogP contribution in [0, 0.1) is 11.3 Å². The van der Waals surface area contributed by atoms with Crippen LogP contribution in [0.3, 0.4) is 0 Å². The molecule has 0 aromatic heterocycles. The van der Waals surface area contributed by atoms with E-state index in [0.29, 0.717) is 0 Å². The Balaban J connectivity index is 2.06. The molecule has 1 amide bonds. The molecule has 5 heteroatoms. The van der Waals surface area contributed by atoms with Crippen LogP contribution in [0.4, 0.5) is 0 Å². The van der Waals surface area contributed by atoms with Crippen molar-refractivity contribution in [2.24, 2.45) is 11.3 Å². The molecule has 1 aliphatic heterocycles. The monoisotopic (exact) mass is 342 g/mol. The number of allylic oxidation sites excluding steroid dienone is 7. The van der Waals surface area contributed by atoms with Gasteiger partial charge in [0.15, 0.2) is 0 Å². The molecule has 24 heavy (non-hydrogen) atoms. The van der Waals surface area contributed by atoms with Gasteiger partial charge in [-0.15, -0.1) is 0 Å². The summed E-state index contributed by atoms with van der Waals surface area (Å²) in [7, 11) is 2.86. The molecule has 0 spiro atoms. The predicted octanol–water partition coefficient (Wildman–Crippen LogP) is 1.32. The second-order valence-corrected chi connectivity index (χ2v) is 8.54. The number of aliphatic hydroxyl groups is 1. The van der Waals surface area contributed by atoms with E-state index in [-0.39, 0.29) is 11.8 Å². The van der Waals surface area contributed by atoms with E-state index in [1.54, 1.807) is 11.8 Å². The SMILES string of the molecule is CC(O)NC1=CC=C([SiH3])CC1C1=CN(C)C(=O)C2(C)CC=CC=C12. The minimum atomic E-state index is -0.599. The number of rotatable bonds is 3. The van der Waals surface area contributed by atoms with Crippen LogP contribution in [0.2, 0.25) is 0 Å². The average Bonchev–Trinajstić information content (AvgIpc) is 2.53. The van der Waals surface area contributed by atoms with Crippen molar-refractivity contribution in [2.75, 3.05) is 7.05 Å². The maximum absolute atomic E-state index is 12.8. The first-order valence-electron chi connectivity index (χ1n) is 8.51. The number of nitrogens with one attached hydrogen (secondary N) is 1. The molecule has 128 valence electrons. The summed E-state index contributed by atoms with van der Waals surface area (Å²) < 4.78 is 0. The summed E-state index contributed by atoms with van der Waals surface area (Å²) in [6.45, 7) is 3.77. The Kier molecular flexibility index (Phi) is 4.40. The summed E-state index contributed by atoms with van der Waals surface area (Å²) in [5, 5.41) is 14.4. The molecule has 4 nitrogen and oxygen atoms in total. The fourth-order valence-electron chi connectivity index (χ4n) is 3.90. The van der Waals surface area contributed by atoms with E-state index < -0.39 is 11.6 Å². The third-order valence-corrected chi connectivity index (χ3v) is 5.90. The Morgan fingerprint density at radius 2 is 2.17 bits per heavy atom. The molecule has 0 saturated carbocycles. The van der Waals surface area contributed by atoms with E-state index >= 15 is 0 Å². The van der Waals surface area contributed by atoms with Crippen molar-refractivity contribution in [1.29, 1.82) is 0 Å². The number of carbonyl (C=O) groups is 1. The molecule has 3 rings (SSSR count). The fourth-order valence-corrected chi connectivity index (χ4v) is 4.47. The summed E-state index contributed by atoms with van der Waals surface area (Å²) in [6.07, 6.45) is 13.5. The van der Waals surface area contributed by atoms with Crippen LogP contribution in [0.15, 0.2) is 58.6 Å². The largest absolute Gasteiger partial charge is 0.374 e. The number of fused-ring (bicyclic) bond motifs is 1. The number of amides is 1. The number of hydrogen-bond donors (Lipinski definition) is 2. The Morgan fingerprint density at radius 3 is 2.88 bits per heavy atom. The van der Waals surface area contributed by atoms with Crippen LogP contribution in [-0.2, 0) is 4.79 Å². The lowest BCUT2D eigenvalue weighted by Gasteiger charge is -2.43. The molecule has 2 N–H and O–H groups in total. The van der Waals surface area contributed by atoms with E-state index in [2.05, 4.69) is 35.7 Å². The molecule has 0 radical (unpaired) electrons. The smallest absolute Gasteiger partial charge is 0.236 e. The van der Waals surface area contributed by atoms with Gasteiger partial charge in [0, 0.05) is 35.1 Å². The van der Waals surface area contributed by atoms with E-state index in [1.807, 2.05) is 20.2 Å². The fraction of sp³-hybridized carbons (Fsp3) is 0.421. The third-order valence-electron chi connectivity index (χ3n) is 5.16. The molecule has 2 aliphatic carbocycles. The van der Waals surface area contributed by atoms with Gasteiger partial charge in [0.2, 0.25) is 5.91 Å². The lowest BCUT2D eigenvalue weighted by molar-refractivity contribution is -0.136. The Bertz CT molecular complexity index is 715. The second-order valence-electron chi connectivity index (χ2n) is 7.26. The Labute approximate surface area is 146 Å². The Hall–Kier alpha value is -1.85. The molecule has 0 aromatic rings. The first-order chi connectivity index (χ1) is 11.3. The zero-order valence-corrected chi connectivity index (χ0v) is 16.8. The van der Waals surface area contributed by atoms with Crippen LogP contribution >= 0.6 is 0 Å². The molecule has 0 aromatic carbocycles. The molecule has 0 fully saturated rings. The Morgan fingerprint density at radius 1 is 1.42 bits per heavy atom. The lowest BCUT2D eigenvalue weighted by Crippen LogP contribution is -2.45. The number of hydrogen-bond acceptors (Lipinski definition) is 3. The van der Waals surface area contributed by atoms with Gasteiger partial charge in [-0.25, -0.2) is 0 Å². The van der Waals surface area contributed by atoms with Gasteiger partial charge in [-0.3, -0.25) is 4.79 Å². The quantitative estimate of drug-likeness (QED) is 0.601. The standard InChI is InChI=1S/C19H26N2O2Si/c1-12(22)20-17-8-7-13(24)10-14(17)15-11-21(3)18(23)19(2)9-5-4-6-16(15)19/h4-8,11-12,14,20,22H,9-10H2,1-3,24H3. The first kappa shape index (κ1) is 17.0. The molecule has 1 heterocycles. The highest BCUT2D eigenvalue weighted by atomic mass is 28.1. The zero-order valence-electron chi connectivity index (χ0n) is 14.8.